The highest BCUT2D eigenvalue weighted by atomic mass is 79.9. The molecule has 1 aliphatic heterocycles. The van der Waals surface area contributed by atoms with Crippen molar-refractivity contribution in [3.05, 3.63) is 0 Å². The minimum atomic E-state index is 0. The third-order valence-corrected chi connectivity index (χ3v) is 2.48. The minimum absolute atomic E-state index is 0. The van der Waals surface area contributed by atoms with Crippen LogP contribution in [0, 0.1) is 5.92 Å². The van der Waals surface area contributed by atoms with Crippen LogP contribution in [0.1, 0.15) is 12.8 Å². The molecule has 1 aliphatic rings. The highest BCUT2D eigenvalue weighted by Crippen LogP contribution is 2.13. The molecule has 0 aromatic heterocycles. The summed E-state index contributed by atoms with van der Waals surface area (Å²) in [5.41, 5.74) is 0. The van der Waals surface area contributed by atoms with Crippen LogP contribution in [-0.4, -0.2) is 24.2 Å². The Bertz CT molecular complexity index is 124. The van der Waals surface area contributed by atoms with Gasteiger partial charge in [0.2, 0.25) is 0 Å². The molecule has 1 saturated heterocycles. The third kappa shape index (κ3) is 3.67. The van der Waals surface area contributed by atoms with Crippen LogP contribution in [0.3, 0.4) is 0 Å². The number of ketones is 1. The maximum absolute atomic E-state index is 11.1. The number of hydrogen-bond donors (Lipinski definition) is 1. The lowest BCUT2D eigenvalue weighted by atomic mass is 9.95. The zero-order chi connectivity index (χ0) is 7.40. The predicted molar refractivity (Wildman–Crippen MR) is 54.7 cm³/mol. The van der Waals surface area contributed by atoms with E-state index in [2.05, 4.69) is 21.2 Å². The highest BCUT2D eigenvalue weighted by molar-refractivity contribution is 9.09. The number of rotatable bonds is 2. The fraction of sp³-hybridized carbons (Fsp3) is 0.857. The minimum Gasteiger partial charge on any atom is -0.317 e. The number of Topliss-reactive ketones (excluding diaryl/α,β-unsaturated/α-hetero) is 1. The normalized spacial score (nSPS) is 19.0. The number of halogens is 2. The van der Waals surface area contributed by atoms with Crippen LogP contribution < -0.4 is 5.32 Å². The van der Waals surface area contributed by atoms with Crippen molar-refractivity contribution in [1.82, 2.24) is 5.32 Å². The molecule has 0 aromatic carbocycles. The Morgan fingerprint density at radius 3 is 2.45 bits per heavy atom. The molecule has 1 fully saturated rings. The van der Waals surface area contributed by atoms with E-state index in [1.54, 1.807) is 0 Å². The number of carbonyl (C=O) groups excluding carboxylic acids is 1. The van der Waals surface area contributed by atoms with E-state index in [4.69, 9.17) is 0 Å². The Balaban J connectivity index is 0.000001000. The van der Waals surface area contributed by atoms with Crippen molar-refractivity contribution in [2.45, 2.75) is 12.8 Å². The number of carbonyl (C=O) groups is 1. The summed E-state index contributed by atoms with van der Waals surface area (Å²) < 4.78 is 0. The van der Waals surface area contributed by atoms with Crippen LogP contribution >= 0.6 is 32.9 Å². The summed E-state index contributed by atoms with van der Waals surface area (Å²) >= 11 is 3.18. The van der Waals surface area contributed by atoms with Gasteiger partial charge in [-0.15, -0.1) is 17.0 Å². The molecule has 1 rings (SSSR count). The molecular formula is C7H13Br2NO. The van der Waals surface area contributed by atoms with E-state index in [-0.39, 0.29) is 17.0 Å². The first-order valence-corrected chi connectivity index (χ1v) is 4.76. The third-order valence-electron chi connectivity index (χ3n) is 1.93. The van der Waals surface area contributed by atoms with Gasteiger partial charge in [0.1, 0.15) is 5.78 Å². The molecular weight excluding hydrogens is 274 g/mol. The van der Waals surface area contributed by atoms with Gasteiger partial charge in [-0.1, -0.05) is 15.9 Å². The Morgan fingerprint density at radius 1 is 1.45 bits per heavy atom. The summed E-state index contributed by atoms with van der Waals surface area (Å²) in [4.78, 5) is 11.1. The molecule has 0 saturated carbocycles. The van der Waals surface area contributed by atoms with Crippen LogP contribution in [0.25, 0.3) is 0 Å². The van der Waals surface area contributed by atoms with E-state index in [9.17, 15) is 4.79 Å². The van der Waals surface area contributed by atoms with Crippen molar-refractivity contribution in [1.29, 1.82) is 0 Å². The van der Waals surface area contributed by atoms with Gasteiger partial charge in [-0.25, -0.2) is 0 Å². The average molecular weight is 287 g/mol. The number of hydrogen-bond acceptors (Lipinski definition) is 2. The fourth-order valence-electron chi connectivity index (χ4n) is 1.25. The van der Waals surface area contributed by atoms with Crippen molar-refractivity contribution in [2.75, 3.05) is 18.4 Å². The molecule has 0 aliphatic carbocycles. The summed E-state index contributed by atoms with van der Waals surface area (Å²) in [6, 6.07) is 0. The maximum atomic E-state index is 11.1. The average Bonchev–Trinajstić information content (AvgIpc) is 2.05. The quantitative estimate of drug-likeness (QED) is 0.780. The molecule has 2 nitrogen and oxygen atoms in total. The van der Waals surface area contributed by atoms with E-state index in [0.717, 1.165) is 25.9 Å². The highest BCUT2D eigenvalue weighted by Gasteiger charge is 2.18. The van der Waals surface area contributed by atoms with Crippen molar-refractivity contribution >= 4 is 38.7 Å². The molecule has 4 heteroatoms. The first-order chi connectivity index (χ1) is 4.84. The van der Waals surface area contributed by atoms with Gasteiger partial charge in [-0.3, -0.25) is 4.79 Å². The van der Waals surface area contributed by atoms with Gasteiger partial charge in [-0.2, -0.15) is 0 Å². The van der Waals surface area contributed by atoms with Crippen LogP contribution in [0.2, 0.25) is 0 Å². The van der Waals surface area contributed by atoms with Gasteiger partial charge in [-0.05, 0) is 25.9 Å². The van der Waals surface area contributed by atoms with Crippen molar-refractivity contribution < 1.29 is 4.79 Å². The van der Waals surface area contributed by atoms with Gasteiger partial charge in [0.05, 0.1) is 5.33 Å². The molecule has 0 bridgehead atoms. The largest absolute Gasteiger partial charge is 0.317 e. The molecule has 0 amide bonds. The van der Waals surface area contributed by atoms with Crippen molar-refractivity contribution in [2.24, 2.45) is 5.92 Å². The van der Waals surface area contributed by atoms with E-state index < -0.39 is 0 Å². The Morgan fingerprint density at radius 2 is 2.00 bits per heavy atom. The summed E-state index contributed by atoms with van der Waals surface area (Å²) in [6.07, 6.45) is 2.04. The van der Waals surface area contributed by atoms with Gasteiger partial charge in [0.25, 0.3) is 0 Å². The molecule has 1 N–H and O–H groups in total. The SMILES string of the molecule is Br.O=C(CBr)C1CCNCC1. The zero-order valence-electron chi connectivity index (χ0n) is 6.31. The standard InChI is InChI=1S/C7H12BrNO.BrH/c8-5-7(10)6-1-3-9-4-2-6;/h6,9H,1-5H2;1H. The Kier molecular flexibility index (Phi) is 6.47. The summed E-state index contributed by atoms with van der Waals surface area (Å²) in [6.45, 7) is 2.01. The second-order valence-electron chi connectivity index (χ2n) is 2.62. The van der Waals surface area contributed by atoms with Gasteiger partial charge >= 0.3 is 0 Å². The van der Waals surface area contributed by atoms with Crippen LogP contribution in [0.15, 0.2) is 0 Å². The van der Waals surface area contributed by atoms with Crippen LogP contribution in [0.4, 0.5) is 0 Å². The lowest BCUT2D eigenvalue weighted by Gasteiger charge is -2.20. The van der Waals surface area contributed by atoms with Gasteiger partial charge < -0.3 is 5.32 Å². The van der Waals surface area contributed by atoms with Crippen LogP contribution in [-0.2, 0) is 4.79 Å². The van der Waals surface area contributed by atoms with E-state index >= 15 is 0 Å². The van der Waals surface area contributed by atoms with Gasteiger partial charge in [0.15, 0.2) is 0 Å². The maximum Gasteiger partial charge on any atom is 0.146 e. The second-order valence-corrected chi connectivity index (χ2v) is 3.18. The number of nitrogens with one attached hydrogen (secondary N) is 1. The zero-order valence-corrected chi connectivity index (χ0v) is 9.61. The lowest BCUT2D eigenvalue weighted by molar-refractivity contribution is -0.120. The fourth-order valence-corrected chi connectivity index (χ4v) is 1.71. The van der Waals surface area contributed by atoms with Gasteiger partial charge in [0, 0.05) is 5.92 Å². The molecule has 1 heterocycles. The molecule has 11 heavy (non-hydrogen) atoms. The molecule has 0 radical (unpaired) electrons. The number of alkyl halides is 1. The monoisotopic (exact) mass is 285 g/mol. The molecule has 0 unspecified atom stereocenters. The summed E-state index contributed by atoms with van der Waals surface area (Å²) in [5, 5.41) is 3.75. The Hall–Kier alpha value is 0.590. The molecule has 0 aromatic rings. The van der Waals surface area contributed by atoms with E-state index in [0.29, 0.717) is 17.0 Å². The summed E-state index contributed by atoms with van der Waals surface area (Å²) in [7, 11) is 0. The molecule has 66 valence electrons. The molecule has 0 spiro atoms. The Labute approximate surface area is 86.0 Å². The van der Waals surface area contributed by atoms with Crippen molar-refractivity contribution in [3.8, 4) is 0 Å². The van der Waals surface area contributed by atoms with E-state index in [1.807, 2.05) is 0 Å². The molecule has 0 atom stereocenters. The predicted octanol–water partition coefficient (Wildman–Crippen LogP) is 1.53. The smallest absolute Gasteiger partial charge is 0.146 e. The topological polar surface area (TPSA) is 29.1 Å². The lowest BCUT2D eigenvalue weighted by Crippen LogP contribution is -2.32. The first kappa shape index (κ1) is 11.6. The number of piperidine rings is 1. The van der Waals surface area contributed by atoms with E-state index in [1.165, 1.54) is 0 Å². The first-order valence-electron chi connectivity index (χ1n) is 3.64. The van der Waals surface area contributed by atoms with Crippen LogP contribution in [0.5, 0.6) is 0 Å². The second kappa shape index (κ2) is 6.14. The summed E-state index contributed by atoms with van der Waals surface area (Å²) in [5.74, 6) is 0.683. The van der Waals surface area contributed by atoms with Crippen molar-refractivity contribution in [3.63, 3.8) is 0 Å².